The number of ether oxygens (including phenoxy) is 1. The SMILES string of the molecule is COc1ccc(CC(=O)N2CCC(=O)c3cc(F)ccc32)cc1. The summed E-state index contributed by atoms with van der Waals surface area (Å²) >= 11 is 0. The first-order chi connectivity index (χ1) is 11.1. The van der Waals surface area contributed by atoms with Crippen molar-refractivity contribution < 1.29 is 18.7 Å². The van der Waals surface area contributed by atoms with E-state index in [9.17, 15) is 14.0 Å². The van der Waals surface area contributed by atoms with Crippen molar-refractivity contribution in [2.24, 2.45) is 0 Å². The number of rotatable bonds is 3. The molecule has 5 heteroatoms. The number of fused-ring (bicyclic) bond motifs is 1. The minimum atomic E-state index is -0.471. The molecule has 0 aromatic heterocycles. The molecule has 1 aliphatic heterocycles. The standard InChI is InChI=1S/C18H16FNO3/c1-23-14-5-2-12(3-6-14)10-18(22)20-9-8-17(21)15-11-13(19)4-7-16(15)20/h2-7,11H,8-10H2,1H3. The first-order valence-corrected chi connectivity index (χ1v) is 7.34. The van der Waals surface area contributed by atoms with Crippen LogP contribution in [0, 0.1) is 5.82 Å². The van der Waals surface area contributed by atoms with Crippen LogP contribution in [0.25, 0.3) is 0 Å². The van der Waals surface area contributed by atoms with Crippen molar-refractivity contribution in [1.82, 2.24) is 0 Å². The number of nitrogens with zero attached hydrogens (tertiary/aromatic N) is 1. The van der Waals surface area contributed by atoms with Crippen LogP contribution in [0.3, 0.4) is 0 Å². The average molecular weight is 313 g/mol. The molecule has 0 fully saturated rings. The van der Waals surface area contributed by atoms with Gasteiger partial charge in [-0.05, 0) is 35.9 Å². The van der Waals surface area contributed by atoms with Gasteiger partial charge in [-0.3, -0.25) is 9.59 Å². The number of hydrogen-bond donors (Lipinski definition) is 0. The van der Waals surface area contributed by atoms with Crippen molar-refractivity contribution in [3.63, 3.8) is 0 Å². The van der Waals surface area contributed by atoms with Crippen LogP contribution in [-0.4, -0.2) is 25.3 Å². The smallest absolute Gasteiger partial charge is 0.231 e. The van der Waals surface area contributed by atoms with Gasteiger partial charge in [-0.2, -0.15) is 0 Å². The van der Waals surface area contributed by atoms with E-state index in [0.29, 0.717) is 12.2 Å². The van der Waals surface area contributed by atoms with Gasteiger partial charge in [-0.15, -0.1) is 0 Å². The Labute approximate surface area is 133 Å². The Balaban J connectivity index is 1.83. The lowest BCUT2D eigenvalue weighted by molar-refractivity contribution is -0.118. The molecular formula is C18H16FNO3. The quantitative estimate of drug-likeness (QED) is 0.875. The molecule has 4 nitrogen and oxygen atoms in total. The van der Waals surface area contributed by atoms with E-state index in [4.69, 9.17) is 4.74 Å². The van der Waals surface area contributed by atoms with E-state index in [1.165, 1.54) is 18.2 Å². The van der Waals surface area contributed by atoms with Crippen LogP contribution in [0.5, 0.6) is 5.75 Å². The molecule has 0 saturated heterocycles. The highest BCUT2D eigenvalue weighted by Crippen LogP contribution is 2.28. The molecule has 0 bridgehead atoms. The van der Waals surface area contributed by atoms with Crippen molar-refractivity contribution in [2.75, 3.05) is 18.6 Å². The number of benzene rings is 2. The van der Waals surface area contributed by atoms with Gasteiger partial charge in [0.15, 0.2) is 5.78 Å². The van der Waals surface area contributed by atoms with E-state index in [1.54, 1.807) is 24.1 Å². The van der Waals surface area contributed by atoms with Crippen LogP contribution >= 0.6 is 0 Å². The Morgan fingerprint density at radius 1 is 1.22 bits per heavy atom. The lowest BCUT2D eigenvalue weighted by Crippen LogP contribution is -2.38. The number of ketones is 1. The third-order valence-electron chi connectivity index (χ3n) is 3.93. The molecule has 1 aliphatic rings. The Bertz CT molecular complexity index is 755. The summed E-state index contributed by atoms with van der Waals surface area (Å²) in [5.74, 6) is 0.00987. The molecule has 0 saturated carbocycles. The maximum Gasteiger partial charge on any atom is 0.231 e. The monoisotopic (exact) mass is 313 g/mol. The second-order valence-electron chi connectivity index (χ2n) is 5.40. The van der Waals surface area contributed by atoms with Crippen LogP contribution < -0.4 is 9.64 Å². The van der Waals surface area contributed by atoms with Gasteiger partial charge in [0.25, 0.3) is 0 Å². The zero-order valence-corrected chi connectivity index (χ0v) is 12.7. The highest BCUT2D eigenvalue weighted by atomic mass is 19.1. The first kappa shape index (κ1) is 15.2. The maximum absolute atomic E-state index is 13.3. The summed E-state index contributed by atoms with van der Waals surface area (Å²) < 4.78 is 18.4. The van der Waals surface area contributed by atoms with Crippen molar-refractivity contribution in [3.8, 4) is 5.75 Å². The summed E-state index contributed by atoms with van der Waals surface area (Å²) in [7, 11) is 1.58. The van der Waals surface area contributed by atoms with E-state index >= 15 is 0 Å². The Morgan fingerprint density at radius 2 is 1.96 bits per heavy atom. The Morgan fingerprint density at radius 3 is 2.65 bits per heavy atom. The van der Waals surface area contributed by atoms with Gasteiger partial charge in [0.05, 0.1) is 19.2 Å². The van der Waals surface area contributed by atoms with Crippen LogP contribution in [0.4, 0.5) is 10.1 Å². The van der Waals surface area contributed by atoms with Crippen molar-refractivity contribution in [3.05, 3.63) is 59.4 Å². The van der Waals surface area contributed by atoms with E-state index in [-0.39, 0.29) is 30.1 Å². The van der Waals surface area contributed by atoms with Gasteiger partial charge >= 0.3 is 0 Å². The van der Waals surface area contributed by atoms with Crippen LogP contribution in [0.15, 0.2) is 42.5 Å². The molecule has 0 spiro atoms. The Kier molecular flexibility index (Phi) is 4.10. The van der Waals surface area contributed by atoms with Crippen molar-refractivity contribution in [2.45, 2.75) is 12.8 Å². The van der Waals surface area contributed by atoms with Gasteiger partial charge in [-0.1, -0.05) is 12.1 Å². The second-order valence-corrected chi connectivity index (χ2v) is 5.40. The molecule has 0 unspecified atom stereocenters. The fourth-order valence-corrected chi connectivity index (χ4v) is 2.71. The van der Waals surface area contributed by atoms with E-state index < -0.39 is 5.82 Å². The number of methoxy groups -OCH3 is 1. The van der Waals surface area contributed by atoms with Crippen LogP contribution in [0.1, 0.15) is 22.3 Å². The summed E-state index contributed by atoms with van der Waals surface area (Å²) in [6.07, 6.45) is 0.430. The van der Waals surface area contributed by atoms with Crippen LogP contribution in [-0.2, 0) is 11.2 Å². The van der Waals surface area contributed by atoms with Gasteiger partial charge in [0.2, 0.25) is 5.91 Å². The lowest BCUT2D eigenvalue weighted by atomic mass is 9.99. The van der Waals surface area contributed by atoms with Crippen molar-refractivity contribution in [1.29, 1.82) is 0 Å². The number of halogens is 1. The third kappa shape index (κ3) is 3.08. The lowest BCUT2D eigenvalue weighted by Gasteiger charge is -2.28. The van der Waals surface area contributed by atoms with Crippen LogP contribution in [0.2, 0.25) is 0 Å². The largest absolute Gasteiger partial charge is 0.497 e. The molecule has 2 aromatic carbocycles. The second kappa shape index (κ2) is 6.20. The predicted octanol–water partition coefficient (Wildman–Crippen LogP) is 3.00. The fourth-order valence-electron chi connectivity index (χ4n) is 2.71. The normalized spacial score (nSPS) is 13.7. The molecule has 118 valence electrons. The number of Topliss-reactive ketones (excluding diaryl/α,β-unsaturated/α-hetero) is 1. The number of hydrogen-bond acceptors (Lipinski definition) is 3. The summed E-state index contributed by atoms with van der Waals surface area (Å²) in [6.45, 7) is 0.326. The zero-order chi connectivity index (χ0) is 16.4. The third-order valence-corrected chi connectivity index (χ3v) is 3.93. The van der Waals surface area contributed by atoms with Gasteiger partial charge in [-0.25, -0.2) is 4.39 Å². The van der Waals surface area contributed by atoms with E-state index in [1.807, 2.05) is 12.1 Å². The van der Waals surface area contributed by atoms with Gasteiger partial charge in [0, 0.05) is 18.5 Å². The topological polar surface area (TPSA) is 46.6 Å². The van der Waals surface area contributed by atoms with Crippen molar-refractivity contribution >= 4 is 17.4 Å². The predicted molar refractivity (Wildman–Crippen MR) is 84.4 cm³/mol. The summed E-state index contributed by atoms with van der Waals surface area (Å²) in [5, 5.41) is 0. The first-order valence-electron chi connectivity index (χ1n) is 7.34. The molecule has 0 atom stereocenters. The zero-order valence-electron chi connectivity index (χ0n) is 12.7. The molecule has 23 heavy (non-hydrogen) atoms. The molecule has 1 amide bonds. The van der Waals surface area contributed by atoms with E-state index in [0.717, 1.165) is 11.3 Å². The molecule has 1 heterocycles. The number of anilines is 1. The fraction of sp³-hybridized carbons (Fsp3) is 0.222. The minimum Gasteiger partial charge on any atom is -0.497 e. The summed E-state index contributed by atoms with van der Waals surface area (Å²) in [5.41, 5.74) is 1.62. The average Bonchev–Trinajstić information content (AvgIpc) is 2.56. The molecule has 2 aromatic rings. The number of carbonyl (C=O) groups excluding carboxylic acids is 2. The highest BCUT2D eigenvalue weighted by Gasteiger charge is 2.27. The van der Waals surface area contributed by atoms with Gasteiger partial charge in [0.1, 0.15) is 11.6 Å². The summed E-state index contributed by atoms with van der Waals surface area (Å²) in [6, 6.07) is 11.2. The molecule has 0 aliphatic carbocycles. The highest BCUT2D eigenvalue weighted by molar-refractivity contribution is 6.09. The maximum atomic E-state index is 13.3. The molecular weight excluding hydrogens is 297 g/mol. The Hall–Kier alpha value is -2.69. The van der Waals surface area contributed by atoms with Gasteiger partial charge < -0.3 is 9.64 Å². The molecule has 3 rings (SSSR count). The van der Waals surface area contributed by atoms with E-state index in [2.05, 4.69) is 0 Å². The molecule has 0 N–H and O–H groups in total. The minimum absolute atomic E-state index is 0.115. The number of carbonyl (C=O) groups is 2. The number of amides is 1. The summed E-state index contributed by atoms with van der Waals surface area (Å²) in [4.78, 5) is 26.0. The molecule has 0 radical (unpaired) electrons.